The molecule has 4 nitrogen and oxygen atoms in total. The zero-order valence-corrected chi connectivity index (χ0v) is 15.9. The Kier molecular flexibility index (Phi) is 5.03. The Morgan fingerprint density at radius 3 is 2.19 bits per heavy atom. The first-order valence-corrected chi connectivity index (χ1v) is 9.11. The summed E-state index contributed by atoms with van der Waals surface area (Å²) >= 11 is 0. The van der Waals surface area contributed by atoms with Crippen LogP contribution < -0.4 is 0 Å². The molecular weight excluding hydrogens is 322 g/mol. The number of amides is 1. The molecule has 0 saturated heterocycles. The third-order valence-corrected chi connectivity index (χ3v) is 4.81. The molecule has 0 aliphatic heterocycles. The fourth-order valence-electron chi connectivity index (χ4n) is 3.28. The lowest BCUT2D eigenvalue weighted by molar-refractivity contribution is -0.135. The first-order valence-electron chi connectivity index (χ1n) is 9.11. The van der Waals surface area contributed by atoms with Crippen molar-refractivity contribution in [3.63, 3.8) is 0 Å². The molecule has 4 heteroatoms. The van der Waals surface area contributed by atoms with Crippen LogP contribution in [0.25, 0.3) is 22.3 Å². The van der Waals surface area contributed by atoms with E-state index in [0.717, 1.165) is 22.2 Å². The highest BCUT2D eigenvalue weighted by atomic mass is 16.2. The molecule has 3 aromatic rings. The molecule has 0 aliphatic rings. The molecule has 0 aliphatic carbocycles. The van der Waals surface area contributed by atoms with E-state index in [1.165, 1.54) is 0 Å². The summed E-state index contributed by atoms with van der Waals surface area (Å²) in [5, 5.41) is 0.928. The predicted octanol–water partition coefficient (Wildman–Crippen LogP) is 4.44. The molecule has 0 unspecified atom stereocenters. The lowest BCUT2D eigenvalue weighted by atomic mass is 9.84. The topological polar surface area (TPSA) is 46.1 Å². The monoisotopic (exact) mass is 347 g/mol. The van der Waals surface area contributed by atoms with Crippen molar-refractivity contribution in [2.75, 3.05) is 13.1 Å². The summed E-state index contributed by atoms with van der Waals surface area (Å²) in [5.74, 6) is 0.741. The van der Waals surface area contributed by atoms with Gasteiger partial charge in [-0.05, 0) is 33.8 Å². The highest BCUT2D eigenvalue weighted by Gasteiger charge is 2.36. The normalized spacial score (nSPS) is 11.5. The summed E-state index contributed by atoms with van der Waals surface area (Å²) in [6.45, 7) is 9.30. The number of aromatic nitrogens is 2. The summed E-state index contributed by atoms with van der Waals surface area (Å²) in [6, 6.07) is 17.8. The number of rotatable bonds is 5. The highest BCUT2D eigenvalue weighted by Crippen LogP contribution is 2.32. The van der Waals surface area contributed by atoms with Crippen LogP contribution in [0.1, 0.15) is 33.4 Å². The zero-order valence-electron chi connectivity index (χ0n) is 15.9. The summed E-state index contributed by atoms with van der Waals surface area (Å²) in [6.07, 6.45) is 0. The van der Waals surface area contributed by atoms with Crippen LogP contribution in [0.4, 0.5) is 0 Å². The molecule has 0 radical (unpaired) electrons. The van der Waals surface area contributed by atoms with Gasteiger partial charge in [-0.3, -0.25) is 4.79 Å². The van der Waals surface area contributed by atoms with Crippen LogP contribution in [-0.2, 0) is 10.2 Å². The van der Waals surface area contributed by atoms with Crippen molar-refractivity contribution >= 4 is 16.8 Å². The fraction of sp³-hybridized carbons (Fsp3) is 0.318. The molecule has 1 heterocycles. The molecule has 3 rings (SSSR count). The molecular formula is C22H25N3O. The van der Waals surface area contributed by atoms with E-state index in [-0.39, 0.29) is 5.91 Å². The molecule has 0 saturated carbocycles. The van der Waals surface area contributed by atoms with Crippen molar-refractivity contribution in [1.29, 1.82) is 0 Å². The Labute approximate surface area is 154 Å². The van der Waals surface area contributed by atoms with E-state index in [0.29, 0.717) is 18.9 Å². The molecule has 0 fully saturated rings. The van der Waals surface area contributed by atoms with E-state index in [1.54, 1.807) is 0 Å². The molecule has 0 spiro atoms. The van der Waals surface area contributed by atoms with Gasteiger partial charge in [-0.1, -0.05) is 48.5 Å². The average Bonchev–Trinajstić information content (AvgIpc) is 2.68. The minimum atomic E-state index is -0.738. The van der Waals surface area contributed by atoms with Crippen molar-refractivity contribution in [2.24, 2.45) is 0 Å². The van der Waals surface area contributed by atoms with Crippen LogP contribution in [-0.4, -0.2) is 33.9 Å². The number of para-hydroxylation sites is 1. The molecule has 26 heavy (non-hydrogen) atoms. The molecule has 1 aromatic heterocycles. The maximum Gasteiger partial charge on any atom is 0.234 e. The van der Waals surface area contributed by atoms with Crippen LogP contribution in [0.15, 0.2) is 54.6 Å². The third kappa shape index (κ3) is 3.19. The number of hydrogen-bond acceptors (Lipinski definition) is 3. The predicted molar refractivity (Wildman–Crippen MR) is 106 cm³/mol. The highest BCUT2D eigenvalue weighted by molar-refractivity contribution is 5.93. The Morgan fingerprint density at radius 2 is 1.54 bits per heavy atom. The van der Waals surface area contributed by atoms with Crippen LogP contribution in [0.2, 0.25) is 0 Å². The Morgan fingerprint density at radius 1 is 0.923 bits per heavy atom. The van der Waals surface area contributed by atoms with Crippen molar-refractivity contribution in [3.8, 4) is 11.4 Å². The maximum absolute atomic E-state index is 13.2. The maximum atomic E-state index is 13.2. The quantitative estimate of drug-likeness (QED) is 0.685. The van der Waals surface area contributed by atoms with Gasteiger partial charge in [0.15, 0.2) is 5.82 Å². The van der Waals surface area contributed by atoms with Crippen LogP contribution in [0, 0.1) is 0 Å². The lowest BCUT2D eigenvalue weighted by Gasteiger charge is -2.31. The summed E-state index contributed by atoms with van der Waals surface area (Å²) < 4.78 is 0. The number of carbonyl (C=O) groups excluding carboxylic acids is 1. The van der Waals surface area contributed by atoms with Gasteiger partial charge < -0.3 is 4.90 Å². The summed E-state index contributed by atoms with van der Waals surface area (Å²) in [4.78, 5) is 24.6. The van der Waals surface area contributed by atoms with Crippen molar-refractivity contribution in [2.45, 2.75) is 33.1 Å². The number of carbonyl (C=O) groups is 1. The summed E-state index contributed by atoms with van der Waals surface area (Å²) in [7, 11) is 0. The first kappa shape index (κ1) is 18.1. The van der Waals surface area contributed by atoms with Crippen molar-refractivity contribution in [3.05, 3.63) is 60.3 Å². The third-order valence-electron chi connectivity index (χ3n) is 4.81. The van der Waals surface area contributed by atoms with Crippen LogP contribution in [0.5, 0.6) is 0 Å². The molecule has 0 N–H and O–H groups in total. The molecule has 1 amide bonds. The second kappa shape index (κ2) is 7.24. The SMILES string of the molecule is CCN(CC)C(=O)C(C)(C)c1nc(-c2ccccc2)nc2ccccc12. The van der Waals surface area contributed by atoms with Gasteiger partial charge in [0.05, 0.1) is 16.6 Å². The Bertz CT molecular complexity index is 915. The molecule has 134 valence electrons. The second-order valence-corrected chi connectivity index (χ2v) is 6.88. The van der Waals surface area contributed by atoms with E-state index in [2.05, 4.69) is 0 Å². The second-order valence-electron chi connectivity index (χ2n) is 6.88. The standard InChI is InChI=1S/C22H25N3O/c1-5-25(6-2)21(26)22(3,4)19-17-14-10-11-15-18(17)23-20(24-19)16-12-8-7-9-13-16/h7-15H,5-6H2,1-4H3. The van der Waals surface area contributed by atoms with E-state index in [4.69, 9.17) is 9.97 Å². The van der Waals surface area contributed by atoms with Crippen molar-refractivity contribution in [1.82, 2.24) is 14.9 Å². The van der Waals surface area contributed by atoms with Crippen LogP contribution in [0.3, 0.4) is 0 Å². The van der Waals surface area contributed by atoms with Gasteiger partial charge in [0, 0.05) is 24.0 Å². The van der Waals surface area contributed by atoms with Gasteiger partial charge in [0.2, 0.25) is 5.91 Å². The number of likely N-dealkylation sites (N-methyl/N-ethyl adjacent to an activating group) is 1. The van der Waals surface area contributed by atoms with E-state index in [1.807, 2.05) is 87.2 Å². The van der Waals surface area contributed by atoms with E-state index < -0.39 is 5.41 Å². The number of benzene rings is 2. The van der Waals surface area contributed by atoms with Gasteiger partial charge in [-0.15, -0.1) is 0 Å². The van der Waals surface area contributed by atoms with E-state index in [9.17, 15) is 4.79 Å². The van der Waals surface area contributed by atoms with Gasteiger partial charge in [0.25, 0.3) is 0 Å². The van der Waals surface area contributed by atoms with Gasteiger partial charge in [0.1, 0.15) is 0 Å². The number of hydrogen-bond donors (Lipinski definition) is 0. The van der Waals surface area contributed by atoms with Gasteiger partial charge in [-0.25, -0.2) is 9.97 Å². The van der Waals surface area contributed by atoms with Gasteiger partial charge in [-0.2, -0.15) is 0 Å². The average molecular weight is 347 g/mol. The zero-order chi connectivity index (χ0) is 18.7. The van der Waals surface area contributed by atoms with Crippen molar-refractivity contribution < 1.29 is 4.79 Å². The first-order chi connectivity index (χ1) is 12.5. The Hall–Kier alpha value is -2.75. The van der Waals surface area contributed by atoms with Gasteiger partial charge >= 0.3 is 0 Å². The smallest absolute Gasteiger partial charge is 0.234 e. The molecule has 0 atom stereocenters. The minimum Gasteiger partial charge on any atom is -0.342 e. The number of fused-ring (bicyclic) bond motifs is 1. The lowest BCUT2D eigenvalue weighted by Crippen LogP contribution is -2.44. The van der Waals surface area contributed by atoms with E-state index >= 15 is 0 Å². The van der Waals surface area contributed by atoms with Crippen LogP contribution >= 0.6 is 0 Å². The Balaban J connectivity index is 2.22. The largest absolute Gasteiger partial charge is 0.342 e. The number of nitrogens with zero attached hydrogens (tertiary/aromatic N) is 3. The molecule has 0 bridgehead atoms. The summed E-state index contributed by atoms with van der Waals surface area (Å²) in [5.41, 5.74) is 1.85. The minimum absolute atomic E-state index is 0.0883. The molecule has 2 aromatic carbocycles. The fourth-order valence-corrected chi connectivity index (χ4v) is 3.28.